The maximum atomic E-state index is 9.34. The van der Waals surface area contributed by atoms with Crippen LogP contribution in [0.1, 0.15) is 17.7 Å². The minimum atomic E-state index is -0.0997. The summed E-state index contributed by atoms with van der Waals surface area (Å²) >= 11 is 1.73. The number of anilines is 1. The molecule has 3 nitrogen and oxygen atoms in total. The molecule has 1 N–H and O–H groups in total. The Morgan fingerprint density at radius 3 is 2.77 bits per heavy atom. The van der Waals surface area contributed by atoms with Crippen molar-refractivity contribution >= 4 is 16.5 Å². The van der Waals surface area contributed by atoms with E-state index in [4.69, 9.17) is 0 Å². The highest BCUT2D eigenvalue weighted by atomic mass is 32.1. The third kappa shape index (κ3) is 2.00. The largest absolute Gasteiger partial charge is 0.393 e. The minimum absolute atomic E-state index is 0.0997. The number of aliphatic hydroxyl groups excluding tert-OH is 1. The lowest BCUT2D eigenvalue weighted by Gasteiger charge is -2.28. The van der Waals surface area contributed by atoms with Gasteiger partial charge in [0, 0.05) is 24.2 Å². The predicted molar refractivity (Wildman–Crippen MR) is 54.3 cm³/mol. The molecule has 0 radical (unpaired) electrons. The molecule has 1 aliphatic rings. The van der Waals surface area contributed by atoms with Gasteiger partial charge in [0.2, 0.25) is 0 Å². The van der Waals surface area contributed by atoms with Gasteiger partial charge in [-0.15, -0.1) is 11.3 Å². The fraction of sp³-hybridized carbons (Fsp3) is 0.667. The number of nitrogens with zero attached hydrogens (tertiary/aromatic N) is 2. The summed E-state index contributed by atoms with van der Waals surface area (Å²) in [6.45, 7) is 3.95. The zero-order chi connectivity index (χ0) is 9.26. The number of aryl methyl sites for hydroxylation is 1. The minimum Gasteiger partial charge on any atom is -0.393 e. The number of piperidine rings is 1. The van der Waals surface area contributed by atoms with Crippen LogP contribution >= 0.6 is 11.3 Å². The standard InChI is InChI=1S/C9H14N2OS/c1-7-6-10-9(13-7)11-4-2-8(12)3-5-11/h6,8,12H,2-5H2,1H3. The van der Waals surface area contributed by atoms with E-state index in [0.717, 1.165) is 31.1 Å². The quantitative estimate of drug-likeness (QED) is 0.741. The lowest BCUT2D eigenvalue weighted by molar-refractivity contribution is 0.145. The van der Waals surface area contributed by atoms with Gasteiger partial charge < -0.3 is 10.0 Å². The Balaban J connectivity index is 2.02. The highest BCUT2D eigenvalue weighted by molar-refractivity contribution is 7.15. The van der Waals surface area contributed by atoms with Gasteiger partial charge in [-0.1, -0.05) is 0 Å². The molecule has 1 saturated heterocycles. The van der Waals surface area contributed by atoms with Crippen LogP contribution in [-0.4, -0.2) is 29.3 Å². The van der Waals surface area contributed by atoms with Gasteiger partial charge in [0.1, 0.15) is 0 Å². The van der Waals surface area contributed by atoms with E-state index in [1.54, 1.807) is 11.3 Å². The first-order valence-corrected chi connectivity index (χ1v) is 5.43. The summed E-state index contributed by atoms with van der Waals surface area (Å²) < 4.78 is 0. The normalized spacial score (nSPS) is 19.4. The van der Waals surface area contributed by atoms with Crippen LogP contribution in [0, 0.1) is 6.92 Å². The number of thiazole rings is 1. The van der Waals surface area contributed by atoms with E-state index in [1.807, 2.05) is 6.20 Å². The molecule has 1 aromatic heterocycles. The molecular formula is C9H14N2OS. The molecule has 0 saturated carbocycles. The van der Waals surface area contributed by atoms with Crippen molar-refractivity contribution < 1.29 is 5.11 Å². The first kappa shape index (κ1) is 8.97. The summed E-state index contributed by atoms with van der Waals surface area (Å²) in [6, 6.07) is 0. The van der Waals surface area contributed by atoms with E-state index >= 15 is 0 Å². The smallest absolute Gasteiger partial charge is 0.185 e. The van der Waals surface area contributed by atoms with E-state index in [0.29, 0.717) is 0 Å². The van der Waals surface area contributed by atoms with Gasteiger partial charge in [-0.2, -0.15) is 0 Å². The molecule has 13 heavy (non-hydrogen) atoms. The molecule has 0 spiro atoms. The molecular weight excluding hydrogens is 184 g/mol. The van der Waals surface area contributed by atoms with Crippen LogP contribution in [0.2, 0.25) is 0 Å². The van der Waals surface area contributed by atoms with Gasteiger partial charge in [0.25, 0.3) is 0 Å². The third-order valence-corrected chi connectivity index (χ3v) is 3.32. The van der Waals surface area contributed by atoms with Crippen molar-refractivity contribution in [3.05, 3.63) is 11.1 Å². The Bertz CT molecular complexity index is 279. The van der Waals surface area contributed by atoms with E-state index in [-0.39, 0.29) is 6.10 Å². The van der Waals surface area contributed by atoms with Gasteiger partial charge in [-0.3, -0.25) is 0 Å². The second-order valence-electron chi connectivity index (χ2n) is 3.47. The summed E-state index contributed by atoms with van der Waals surface area (Å²) in [4.78, 5) is 7.83. The lowest BCUT2D eigenvalue weighted by atomic mass is 10.1. The van der Waals surface area contributed by atoms with Gasteiger partial charge in [0.15, 0.2) is 5.13 Å². The summed E-state index contributed by atoms with van der Waals surface area (Å²) in [5.41, 5.74) is 0. The Morgan fingerprint density at radius 1 is 1.54 bits per heavy atom. The Labute approximate surface area is 82.0 Å². The van der Waals surface area contributed by atoms with E-state index in [1.165, 1.54) is 4.88 Å². The van der Waals surface area contributed by atoms with Crippen molar-refractivity contribution in [2.45, 2.75) is 25.9 Å². The van der Waals surface area contributed by atoms with Crippen LogP contribution in [0.4, 0.5) is 5.13 Å². The summed E-state index contributed by atoms with van der Waals surface area (Å²) in [7, 11) is 0. The highest BCUT2D eigenvalue weighted by Crippen LogP contribution is 2.24. The fourth-order valence-electron chi connectivity index (χ4n) is 1.55. The van der Waals surface area contributed by atoms with Crippen molar-refractivity contribution in [3.8, 4) is 0 Å². The van der Waals surface area contributed by atoms with Crippen molar-refractivity contribution in [3.63, 3.8) is 0 Å². The number of hydrogen-bond acceptors (Lipinski definition) is 4. The molecule has 1 fully saturated rings. The van der Waals surface area contributed by atoms with Crippen molar-refractivity contribution in [2.24, 2.45) is 0 Å². The monoisotopic (exact) mass is 198 g/mol. The van der Waals surface area contributed by atoms with Gasteiger partial charge >= 0.3 is 0 Å². The molecule has 72 valence electrons. The lowest BCUT2D eigenvalue weighted by Crippen LogP contribution is -2.35. The van der Waals surface area contributed by atoms with Crippen molar-refractivity contribution in [2.75, 3.05) is 18.0 Å². The average Bonchev–Trinajstić information content (AvgIpc) is 2.53. The van der Waals surface area contributed by atoms with Crippen LogP contribution in [0.5, 0.6) is 0 Å². The summed E-state index contributed by atoms with van der Waals surface area (Å²) in [5, 5.41) is 10.4. The predicted octanol–water partition coefficient (Wildman–Crippen LogP) is 1.41. The number of aromatic nitrogens is 1. The first-order chi connectivity index (χ1) is 6.25. The SMILES string of the molecule is Cc1cnc(N2CCC(O)CC2)s1. The van der Waals surface area contributed by atoms with Gasteiger partial charge in [0.05, 0.1) is 6.10 Å². The molecule has 0 unspecified atom stereocenters. The van der Waals surface area contributed by atoms with Gasteiger partial charge in [-0.05, 0) is 19.8 Å². The molecule has 0 amide bonds. The molecule has 2 rings (SSSR count). The Hall–Kier alpha value is -0.610. The Kier molecular flexibility index (Phi) is 2.51. The van der Waals surface area contributed by atoms with E-state index in [9.17, 15) is 5.11 Å². The van der Waals surface area contributed by atoms with Crippen LogP contribution in [0.15, 0.2) is 6.20 Å². The molecule has 0 aliphatic carbocycles. The Morgan fingerprint density at radius 2 is 2.23 bits per heavy atom. The van der Waals surface area contributed by atoms with E-state index < -0.39 is 0 Å². The second-order valence-corrected chi connectivity index (χ2v) is 4.68. The number of hydrogen-bond donors (Lipinski definition) is 1. The third-order valence-electron chi connectivity index (χ3n) is 2.34. The molecule has 0 bridgehead atoms. The zero-order valence-corrected chi connectivity index (χ0v) is 8.55. The molecule has 1 aromatic rings. The second kappa shape index (κ2) is 3.64. The van der Waals surface area contributed by atoms with Crippen LogP contribution < -0.4 is 4.90 Å². The molecule has 4 heteroatoms. The first-order valence-electron chi connectivity index (χ1n) is 4.61. The van der Waals surface area contributed by atoms with Crippen LogP contribution in [-0.2, 0) is 0 Å². The van der Waals surface area contributed by atoms with Crippen LogP contribution in [0.3, 0.4) is 0 Å². The molecule has 0 atom stereocenters. The molecule has 1 aliphatic heterocycles. The highest BCUT2D eigenvalue weighted by Gasteiger charge is 2.18. The van der Waals surface area contributed by atoms with Crippen LogP contribution in [0.25, 0.3) is 0 Å². The summed E-state index contributed by atoms with van der Waals surface area (Å²) in [6.07, 6.45) is 3.56. The maximum absolute atomic E-state index is 9.34. The molecule has 0 aromatic carbocycles. The van der Waals surface area contributed by atoms with Crippen molar-refractivity contribution in [1.82, 2.24) is 4.98 Å². The van der Waals surface area contributed by atoms with Gasteiger partial charge in [-0.25, -0.2) is 4.98 Å². The average molecular weight is 198 g/mol. The molecule has 2 heterocycles. The maximum Gasteiger partial charge on any atom is 0.185 e. The van der Waals surface area contributed by atoms with Crippen molar-refractivity contribution in [1.29, 1.82) is 0 Å². The number of aliphatic hydroxyl groups is 1. The number of rotatable bonds is 1. The summed E-state index contributed by atoms with van der Waals surface area (Å²) in [5.74, 6) is 0. The fourth-order valence-corrected chi connectivity index (χ4v) is 2.36. The zero-order valence-electron chi connectivity index (χ0n) is 7.73. The topological polar surface area (TPSA) is 36.4 Å². The van der Waals surface area contributed by atoms with E-state index in [2.05, 4.69) is 16.8 Å².